The summed E-state index contributed by atoms with van der Waals surface area (Å²) in [6.45, 7) is 5.56. The zero-order valence-corrected chi connectivity index (χ0v) is 16.1. The second-order valence-corrected chi connectivity index (χ2v) is 6.64. The summed E-state index contributed by atoms with van der Waals surface area (Å²) in [4.78, 5) is 4.46. The average Bonchev–Trinajstić information content (AvgIpc) is 2.85. The number of halogens is 1. The van der Waals surface area contributed by atoms with Crippen molar-refractivity contribution < 1.29 is 9.47 Å². The smallest absolute Gasteiger partial charge is 0.189 e. The van der Waals surface area contributed by atoms with Crippen molar-refractivity contribution in [3.8, 4) is 5.75 Å². The number of nitrogens with zero attached hydrogens (tertiary/aromatic N) is 1. The van der Waals surface area contributed by atoms with E-state index in [9.17, 15) is 0 Å². The molecule has 2 heterocycles. The molecule has 0 amide bonds. The molecule has 3 rings (SSSR count). The summed E-state index contributed by atoms with van der Waals surface area (Å²) in [7, 11) is 0. The molecule has 5 nitrogen and oxygen atoms in total. The van der Waals surface area contributed by atoms with Crippen molar-refractivity contribution in [1.29, 1.82) is 0 Å². The minimum absolute atomic E-state index is 0. The number of benzene rings is 1. The normalized spacial score (nSPS) is 25.9. The van der Waals surface area contributed by atoms with Gasteiger partial charge in [-0.05, 0) is 32.8 Å². The third kappa shape index (κ3) is 4.73. The van der Waals surface area contributed by atoms with E-state index in [1.165, 1.54) is 0 Å². The maximum absolute atomic E-state index is 6.05. The number of para-hydroxylation sites is 1. The van der Waals surface area contributed by atoms with Gasteiger partial charge >= 0.3 is 0 Å². The standard InChI is InChI=1S/C17H25N3O2.HI/c1-17(2)9-7-12(22-17)11-19-16(18)20-14-8-10-21-15-6-4-3-5-13(14)15;/h3-6,12,14H,7-11H2,1-2H3,(H3,18,19,20);1H. The number of rotatable bonds is 3. The van der Waals surface area contributed by atoms with Gasteiger partial charge in [-0.15, -0.1) is 24.0 Å². The molecule has 3 N–H and O–H groups in total. The molecule has 128 valence electrons. The van der Waals surface area contributed by atoms with Crippen LogP contribution in [0.15, 0.2) is 29.3 Å². The van der Waals surface area contributed by atoms with Crippen LogP contribution in [0.5, 0.6) is 5.75 Å². The zero-order valence-electron chi connectivity index (χ0n) is 13.7. The first kappa shape index (κ1) is 18.3. The lowest BCUT2D eigenvalue weighted by atomic mass is 10.0. The van der Waals surface area contributed by atoms with E-state index < -0.39 is 0 Å². The van der Waals surface area contributed by atoms with Crippen LogP contribution >= 0.6 is 24.0 Å². The highest BCUT2D eigenvalue weighted by Gasteiger charge is 2.31. The summed E-state index contributed by atoms with van der Waals surface area (Å²) in [5.41, 5.74) is 7.17. The first-order valence-corrected chi connectivity index (χ1v) is 7.99. The fraction of sp³-hybridized carbons (Fsp3) is 0.588. The SMILES string of the molecule is CC1(C)CCC(CN=C(N)NC2CCOc3ccccc32)O1.I. The van der Waals surface area contributed by atoms with E-state index in [4.69, 9.17) is 15.2 Å². The predicted octanol–water partition coefficient (Wildman–Crippen LogP) is 2.99. The maximum atomic E-state index is 6.05. The first-order valence-electron chi connectivity index (χ1n) is 7.99. The zero-order chi connectivity index (χ0) is 15.6. The highest BCUT2D eigenvalue weighted by molar-refractivity contribution is 14.0. The lowest BCUT2D eigenvalue weighted by Gasteiger charge is -2.27. The van der Waals surface area contributed by atoms with Crippen LogP contribution in [0.4, 0.5) is 0 Å². The molecule has 2 unspecified atom stereocenters. The highest BCUT2D eigenvalue weighted by Crippen LogP contribution is 2.31. The Morgan fingerprint density at radius 3 is 2.87 bits per heavy atom. The molecule has 0 aliphatic carbocycles. The van der Waals surface area contributed by atoms with E-state index in [-0.39, 0.29) is 41.7 Å². The van der Waals surface area contributed by atoms with Gasteiger partial charge < -0.3 is 20.5 Å². The van der Waals surface area contributed by atoms with Crippen LogP contribution in [0.2, 0.25) is 0 Å². The predicted molar refractivity (Wildman–Crippen MR) is 103 cm³/mol. The number of aliphatic imine (C=N–C) groups is 1. The highest BCUT2D eigenvalue weighted by atomic mass is 127. The van der Waals surface area contributed by atoms with Gasteiger partial charge in [0.25, 0.3) is 0 Å². The quantitative estimate of drug-likeness (QED) is 0.439. The number of nitrogens with two attached hydrogens (primary N) is 1. The average molecular weight is 431 g/mol. The molecule has 6 heteroatoms. The number of fused-ring (bicyclic) bond motifs is 1. The van der Waals surface area contributed by atoms with Gasteiger partial charge in [0.1, 0.15) is 5.75 Å². The topological polar surface area (TPSA) is 68.9 Å². The van der Waals surface area contributed by atoms with Crippen LogP contribution in [-0.2, 0) is 4.74 Å². The Kier molecular flexibility index (Phi) is 6.13. The molecule has 0 saturated carbocycles. The minimum atomic E-state index is -0.0258. The van der Waals surface area contributed by atoms with Crippen LogP contribution in [0.25, 0.3) is 0 Å². The van der Waals surface area contributed by atoms with Gasteiger partial charge in [0.15, 0.2) is 5.96 Å². The number of ether oxygens (including phenoxy) is 2. The molecule has 0 radical (unpaired) electrons. The van der Waals surface area contributed by atoms with Gasteiger partial charge in [-0.3, -0.25) is 4.99 Å². The van der Waals surface area contributed by atoms with Crippen LogP contribution in [0.1, 0.15) is 44.7 Å². The van der Waals surface area contributed by atoms with Gasteiger partial charge in [0, 0.05) is 12.0 Å². The molecule has 0 aromatic heterocycles. The second kappa shape index (κ2) is 7.70. The van der Waals surface area contributed by atoms with Crippen LogP contribution in [-0.4, -0.2) is 30.8 Å². The first-order chi connectivity index (χ1) is 10.5. The van der Waals surface area contributed by atoms with E-state index >= 15 is 0 Å². The number of guanidine groups is 1. The van der Waals surface area contributed by atoms with Crippen LogP contribution in [0.3, 0.4) is 0 Å². The van der Waals surface area contributed by atoms with Crippen molar-refractivity contribution in [1.82, 2.24) is 5.32 Å². The lowest BCUT2D eigenvalue weighted by molar-refractivity contribution is -0.0106. The molecule has 0 spiro atoms. The summed E-state index contributed by atoms with van der Waals surface area (Å²) in [6.07, 6.45) is 3.19. The number of nitrogens with one attached hydrogen (secondary N) is 1. The van der Waals surface area contributed by atoms with Gasteiger partial charge in [0.2, 0.25) is 0 Å². The maximum Gasteiger partial charge on any atom is 0.189 e. The molecular formula is C17H26IN3O2. The minimum Gasteiger partial charge on any atom is -0.493 e. The van der Waals surface area contributed by atoms with Crippen molar-refractivity contribution in [2.24, 2.45) is 10.7 Å². The Hall–Kier alpha value is -1.02. The lowest BCUT2D eigenvalue weighted by Crippen LogP contribution is -2.38. The third-order valence-electron chi connectivity index (χ3n) is 4.30. The van der Waals surface area contributed by atoms with E-state index in [0.29, 0.717) is 19.1 Å². The van der Waals surface area contributed by atoms with E-state index in [0.717, 1.165) is 30.6 Å². The Morgan fingerprint density at radius 2 is 2.13 bits per heavy atom. The van der Waals surface area contributed by atoms with E-state index in [2.05, 4.69) is 30.2 Å². The molecular weight excluding hydrogens is 405 g/mol. The van der Waals surface area contributed by atoms with Crippen molar-refractivity contribution in [3.05, 3.63) is 29.8 Å². The van der Waals surface area contributed by atoms with Gasteiger partial charge in [0.05, 0.1) is 30.9 Å². The summed E-state index contributed by atoms with van der Waals surface area (Å²) in [5, 5.41) is 3.31. The van der Waals surface area contributed by atoms with Gasteiger partial charge in [-0.25, -0.2) is 0 Å². The molecule has 1 saturated heterocycles. The van der Waals surface area contributed by atoms with E-state index in [1.54, 1.807) is 0 Å². The molecule has 2 aliphatic heterocycles. The summed E-state index contributed by atoms with van der Waals surface area (Å²) < 4.78 is 11.6. The van der Waals surface area contributed by atoms with Crippen molar-refractivity contribution in [2.45, 2.75) is 50.9 Å². The third-order valence-corrected chi connectivity index (χ3v) is 4.30. The molecule has 23 heavy (non-hydrogen) atoms. The van der Waals surface area contributed by atoms with Gasteiger partial charge in [-0.2, -0.15) is 0 Å². The molecule has 1 aromatic carbocycles. The molecule has 0 bridgehead atoms. The van der Waals surface area contributed by atoms with Crippen molar-refractivity contribution in [3.63, 3.8) is 0 Å². The Morgan fingerprint density at radius 1 is 1.35 bits per heavy atom. The molecule has 2 atom stereocenters. The second-order valence-electron chi connectivity index (χ2n) is 6.64. The fourth-order valence-electron chi connectivity index (χ4n) is 3.12. The summed E-state index contributed by atoms with van der Waals surface area (Å²) in [5.74, 6) is 1.41. The summed E-state index contributed by atoms with van der Waals surface area (Å²) in [6, 6.07) is 8.23. The van der Waals surface area contributed by atoms with Crippen molar-refractivity contribution in [2.75, 3.05) is 13.2 Å². The van der Waals surface area contributed by atoms with Crippen LogP contribution in [0, 0.1) is 0 Å². The monoisotopic (exact) mass is 431 g/mol. The Bertz CT molecular complexity index is 563. The fourth-order valence-corrected chi connectivity index (χ4v) is 3.12. The largest absolute Gasteiger partial charge is 0.493 e. The summed E-state index contributed by atoms with van der Waals surface area (Å²) >= 11 is 0. The van der Waals surface area contributed by atoms with E-state index in [1.807, 2.05) is 18.2 Å². The molecule has 2 aliphatic rings. The Balaban J connectivity index is 0.00000192. The number of hydrogen-bond donors (Lipinski definition) is 2. The molecule has 1 fully saturated rings. The van der Waals surface area contributed by atoms with Crippen molar-refractivity contribution >= 4 is 29.9 Å². The van der Waals surface area contributed by atoms with Gasteiger partial charge in [-0.1, -0.05) is 18.2 Å². The molecule has 1 aromatic rings. The number of hydrogen-bond acceptors (Lipinski definition) is 3. The van der Waals surface area contributed by atoms with Crippen LogP contribution < -0.4 is 15.8 Å². The Labute approximate surface area is 155 Å².